The van der Waals surface area contributed by atoms with Crippen LogP contribution in [0.5, 0.6) is 0 Å². The number of benzene rings is 1. The van der Waals surface area contributed by atoms with Crippen LogP contribution in [0.3, 0.4) is 0 Å². The third-order valence-corrected chi connectivity index (χ3v) is 6.73. The van der Waals surface area contributed by atoms with Crippen molar-refractivity contribution in [3.8, 4) is 0 Å². The minimum atomic E-state index is -1.24. The maximum atomic E-state index is 12.9. The second-order valence-corrected chi connectivity index (χ2v) is 8.82. The van der Waals surface area contributed by atoms with Crippen molar-refractivity contribution in [2.24, 2.45) is 0 Å². The SMILES string of the molecule is Cc1ccc(S(=O)N2CCc3c([nH]n(Cc4cn5ccccc5n4)c3=O)C2)cc1. The zero-order chi connectivity index (χ0) is 20.0. The van der Waals surface area contributed by atoms with E-state index in [1.165, 1.54) is 0 Å². The van der Waals surface area contributed by atoms with Crippen LogP contribution in [0.15, 0.2) is 64.5 Å². The molecular weight excluding hydrogens is 386 g/mol. The molecule has 1 N–H and O–H groups in total. The van der Waals surface area contributed by atoms with Crippen molar-refractivity contribution in [1.82, 2.24) is 23.5 Å². The highest BCUT2D eigenvalue weighted by Gasteiger charge is 2.26. The molecule has 8 heteroatoms. The second kappa shape index (κ2) is 7.13. The maximum Gasteiger partial charge on any atom is 0.270 e. The molecule has 1 unspecified atom stereocenters. The van der Waals surface area contributed by atoms with Crippen LogP contribution in [0.25, 0.3) is 5.65 Å². The van der Waals surface area contributed by atoms with E-state index in [0.29, 0.717) is 26.1 Å². The van der Waals surface area contributed by atoms with E-state index >= 15 is 0 Å². The first-order valence-electron chi connectivity index (χ1n) is 9.55. The van der Waals surface area contributed by atoms with Gasteiger partial charge in [-0.15, -0.1) is 0 Å². The number of aryl methyl sites for hydroxylation is 1. The highest BCUT2D eigenvalue weighted by atomic mass is 32.2. The lowest BCUT2D eigenvalue weighted by atomic mass is 10.1. The summed E-state index contributed by atoms with van der Waals surface area (Å²) in [7, 11) is -1.24. The molecule has 0 bridgehead atoms. The molecule has 0 radical (unpaired) electrons. The number of hydrogen-bond donors (Lipinski definition) is 1. The number of aromatic amines is 1. The number of imidazole rings is 1. The van der Waals surface area contributed by atoms with E-state index in [9.17, 15) is 9.00 Å². The molecule has 5 rings (SSSR count). The maximum absolute atomic E-state index is 12.9. The molecule has 1 aromatic carbocycles. The van der Waals surface area contributed by atoms with Gasteiger partial charge in [0.2, 0.25) is 0 Å². The lowest BCUT2D eigenvalue weighted by molar-refractivity contribution is 0.414. The van der Waals surface area contributed by atoms with E-state index in [1.807, 2.05) is 70.5 Å². The van der Waals surface area contributed by atoms with Gasteiger partial charge < -0.3 is 4.40 Å². The third-order valence-electron chi connectivity index (χ3n) is 5.27. The normalized spacial score (nSPS) is 15.5. The van der Waals surface area contributed by atoms with E-state index < -0.39 is 11.0 Å². The number of pyridine rings is 1. The third kappa shape index (κ3) is 3.34. The van der Waals surface area contributed by atoms with Crippen LogP contribution in [-0.2, 0) is 30.5 Å². The van der Waals surface area contributed by atoms with E-state index in [1.54, 1.807) is 4.68 Å². The molecule has 1 aliphatic rings. The van der Waals surface area contributed by atoms with Crippen LogP contribution in [0, 0.1) is 6.92 Å². The van der Waals surface area contributed by atoms with E-state index in [-0.39, 0.29) is 5.56 Å². The van der Waals surface area contributed by atoms with Crippen LogP contribution in [-0.4, -0.2) is 34.2 Å². The van der Waals surface area contributed by atoms with Crippen molar-refractivity contribution in [1.29, 1.82) is 0 Å². The van der Waals surface area contributed by atoms with E-state index in [2.05, 4.69) is 10.1 Å². The number of hydrogen-bond acceptors (Lipinski definition) is 3. The summed E-state index contributed by atoms with van der Waals surface area (Å²) in [5.41, 5.74) is 4.41. The molecule has 0 spiro atoms. The number of nitrogens with one attached hydrogen (secondary N) is 1. The van der Waals surface area contributed by atoms with Crippen molar-refractivity contribution < 1.29 is 4.21 Å². The quantitative estimate of drug-likeness (QED) is 0.564. The van der Waals surface area contributed by atoms with Gasteiger partial charge in [-0.05, 0) is 37.6 Å². The number of fused-ring (bicyclic) bond motifs is 2. The van der Waals surface area contributed by atoms with Gasteiger partial charge in [-0.2, -0.15) is 0 Å². The Morgan fingerprint density at radius 3 is 2.79 bits per heavy atom. The van der Waals surface area contributed by atoms with Crippen LogP contribution < -0.4 is 5.56 Å². The van der Waals surface area contributed by atoms with Gasteiger partial charge in [0.05, 0.1) is 29.4 Å². The van der Waals surface area contributed by atoms with Gasteiger partial charge in [0.1, 0.15) is 16.6 Å². The Balaban J connectivity index is 1.38. The Bertz CT molecular complexity index is 1240. The minimum absolute atomic E-state index is 0.0159. The van der Waals surface area contributed by atoms with Crippen LogP contribution in [0.4, 0.5) is 0 Å². The summed E-state index contributed by atoms with van der Waals surface area (Å²) in [5, 5.41) is 3.22. The van der Waals surface area contributed by atoms with Crippen molar-refractivity contribution in [3.63, 3.8) is 0 Å². The van der Waals surface area contributed by atoms with Crippen LogP contribution >= 0.6 is 0 Å². The second-order valence-electron chi connectivity index (χ2n) is 7.33. The molecule has 1 aliphatic heterocycles. The molecule has 3 aromatic heterocycles. The van der Waals surface area contributed by atoms with Crippen LogP contribution in [0.2, 0.25) is 0 Å². The first-order chi connectivity index (χ1) is 14.1. The molecule has 0 saturated carbocycles. The Morgan fingerprint density at radius 2 is 2.00 bits per heavy atom. The van der Waals surface area contributed by atoms with Gasteiger partial charge in [-0.3, -0.25) is 9.89 Å². The smallest absolute Gasteiger partial charge is 0.270 e. The molecule has 7 nitrogen and oxygen atoms in total. The highest BCUT2D eigenvalue weighted by Crippen LogP contribution is 2.20. The van der Waals surface area contributed by atoms with Gasteiger partial charge in [-0.1, -0.05) is 23.8 Å². The molecule has 0 amide bonds. The minimum Gasteiger partial charge on any atom is -0.307 e. The fourth-order valence-electron chi connectivity index (χ4n) is 3.74. The Kier molecular flexibility index (Phi) is 4.44. The zero-order valence-corrected chi connectivity index (χ0v) is 16.9. The summed E-state index contributed by atoms with van der Waals surface area (Å²) in [6.45, 7) is 3.45. The number of rotatable bonds is 4. The Morgan fingerprint density at radius 1 is 1.17 bits per heavy atom. The summed E-state index contributed by atoms with van der Waals surface area (Å²) in [6, 6.07) is 13.6. The standard InChI is InChI=1S/C21H21N5O2S/c1-15-5-7-17(8-6-15)29(28)25-11-9-18-19(14-25)23-26(21(18)27)13-16-12-24-10-3-2-4-20(24)22-16/h2-8,10,12,23H,9,11,13-14H2,1H3. The van der Waals surface area contributed by atoms with Gasteiger partial charge in [0.15, 0.2) is 0 Å². The molecule has 148 valence electrons. The lowest BCUT2D eigenvalue weighted by Crippen LogP contribution is -2.33. The van der Waals surface area contributed by atoms with Gasteiger partial charge in [0.25, 0.3) is 5.56 Å². The summed E-state index contributed by atoms with van der Waals surface area (Å²) in [5.74, 6) is 0. The molecular formula is C21H21N5O2S. The average molecular weight is 407 g/mol. The van der Waals surface area contributed by atoms with E-state index in [4.69, 9.17) is 0 Å². The molecule has 29 heavy (non-hydrogen) atoms. The zero-order valence-electron chi connectivity index (χ0n) is 16.0. The fourth-order valence-corrected chi connectivity index (χ4v) is 4.91. The molecule has 4 aromatic rings. The summed E-state index contributed by atoms with van der Waals surface area (Å²) >= 11 is 0. The largest absolute Gasteiger partial charge is 0.307 e. The van der Waals surface area contributed by atoms with Gasteiger partial charge >= 0.3 is 0 Å². The summed E-state index contributed by atoms with van der Waals surface area (Å²) in [4.78, 5) is 18.2. The number of nitrogens with zero attached hydrogens (tertiary/aromatic N) is 4. The molecule has 0 aliphatic carbocycles. The monoisotopic (exact) mass is 407 g/mol. The molecule has 4 heterocycles. The number of H-pyrrole nitrogens is 1. The first-order valence-corrected chi connectivity index (χ1v) is 10.7. The first kappa shape index (κ1) is 18.1. The highest BCUT2D eigenvalue weighted by molar-refractivity contribution is 7.82. The topological polar surface area (TPSA) is 75.4 Å². The van der Waals surface area contributed by atoms with Crippen molar-refractivity contribution >= 4 is 16.6 Å². The van der Waals surface area contributed by atoms with E-state index in [0.717, 1.165) is 33.1 Å². The van der Waals surface area contributed by atoms with Crippen molar-refractivity contribution in [2.75, 3.05) is 6.54 Å². The lowest BCUT2D eigenvalue weighted by Gasteiger charge is -2.24. The molecule has 0 fully saturated rings. The van der Waals surface area contributed by atoms with Gasteiger partial charge in [-0.25, -0.2) is 18.2 Å². The molecule has 0 saturated heterocycles. The van der Waals surface area contributed by atoms with Crippen molar-refractivity contribution in [2.45, 2.75) is 31.3 Å². The predicted molar refractivity (Wildman–Crippen MR) is 111 cm³/mol. The number of aromatic nitrogens is 4. The molecule has 1 atom stereocenters. The van der Waals surface area contributed by atoms with Gasteiger partial charge in [0, 0.05) is 24.5 Å². The van der Waals surface area contributed by atoms with Crippen molar-refractivity contribution in [3.05, 3.63) is 87.7 Å². The fraction of sp³-hybridized carbons (Fsp3) is 0.238. The Hall–Kier alpha value is -2.97. The van der Waals surface area contributed by atoms with Crippen LogP contribution in [0.1, 0.15) is 22.5 Å². The summed E-state index contributed by atoms with van der Waals surface area (Å²) < 4.78 is 18.4. The average Bonchev–Trinajstić information content (AvgIpc) is 3.28. The Labute approximate surface area is 170 Å². The predicted octanol–water partition coefficient (Wildman–Crippen LogP) is 2.26. The summed E-state index contributed by atoms with van der Waals surface area (Å²) in [6.07, 6.45) is 4.45.